The minimum absolute atomic E-state index is 0.0297. The van der Waals surface area contributed by atoms with Gasteiger partial charge in [-0.1, -0.05) is 25.3 Å². The molecule has 0 radical (unpaired) electrons. The highest BCUT2D eigenvalue weighted by Gasteiger charge is 2.23. The van der Waals surface area contributed by atoms with E-state index in [-0.39, 0.29) is 11.8 Å². The van der Waals surface area contributed by atoms with Gasteiger partial charge >= 0.3 is 0 Å². The molecule has 80 heavy (non-hydrogen) atoms. The Morgan fingerprint density at radius 2 is 0.825 bits per heavy atom. The molecule has 0 unspecified atom stereocenters. The first kappa shape index (κ1) is 65.5. The first-order valence-electron chi connectivity index (χ1n) is 30.4. The van der Waals surface area contributed by atoms with Gasteiger partial charge in [0.05, 0.1) is 22.8 Å². The summed E-state index contributed by atoms with van der Waals surface area (Å²) in [7, 11) is 4.42. The SMILES string of the molecule is C=Cc1c(C)c2cc3[nH]c(cc4nc(cc5nc(cc1[nH]2)C(C)=C5CCC(=O)NCCCCNCCCN(C)CCCCNCCCN)C(CCC(=O)NCCCCNCCCN(C)CCCCNCCCN)=C4C)c(C)c3C=C. The fraction of sp³-hybridized carbons (Fsp3) is 0.594. The molecule has 3 aromatic rings. The Morgan fingerprint density at radius 1 is 0.475 bits per heavy atom. The number of aromatic nitrogens is 4. The number of allylic oxidation sites excluding steroid dienone is 4. The number of amides is 2. The number of nitrogens with one attached hydrogen (secondary N) is 8. The molecule has 0 aliphatic carbocycles. The number of aryl methyl sites for hydroxylation is 2. The van der Waals surface area contributed by atoms with Crippen molar-refractivity contribution in [3.63, 3.8) is 0 Å². The van der Waals surface area contributed by atoms with E-state index in [2.05, 4.69) is 131 Å². The molecule has 0 atom stereocenters. The van der Waals surface area contributed by atoms with E-state index in [0.717, 1.165) is 232 Å². The Balaban J connectivity index is 1.19. The van der Waals surface area contributed by atoms with E-state index >= 15 is 0 Å². The molecule has 16 nitrogen and oxygen atoms in total. The molecule has 2 aliphatic heterocycles. The molecule has 3 aromatic heterocycles. The number of carbonyl (C=O) groups is 2. The van der Waals surface area contributed by atoms with Gasteiger partial charge in [-0.2, -0.15) is 0 Å². The molecule has 2 amide bonds. The molecule has 5 rings (SSSR count). The van der Waals surface area contributed by atoms with Crippen molar-refractivity contribution in [2.75, 3.05) is 119 Å². The van der Waals surface area contributed by atoms with Crippen molar-refractivity contribution in [3.05, 3.63) is 82.5 Å². The van der Waals surface area contributed by atoms with Crippen LogP contribution in [0, 0.1) is 13.8 Å². The van der Waals surface area contributed by atoms with Crippen LogP contribution in [-0.2, 0) is 9.59 Å². The maximum absolute atomic E-state index is 13.5. The van der Waals surface area contributed by atoms with Gasteiger partial charge in [0.2, 0.25) is 11.8 Å². The van der Waals surface area contributed by atoms with Gasteiger partial charge in [-0.05, 0) is 281 Å². The molecular formula is C64H104N14O2. The molecule has 0 saturated heterocycles. The van der Waals surface area contributed by atoms with E-state index < -0.39 is 0 Å². The van der Waals surface area contributed by atoms with E-state index in [0.29, 0.717) is 38.8 Å². The van der Waals surface area contributed by atoms with Crippen LogP contribution in [0.15, 0.2) is 37.4 Å². The van der Waals surface area contributed by atoms with Gasteiger partial charge in [0.25, 0.3) is 0 Å². The van der Waals surface area contributed by atoms with Gasteiger partial charge in [-0.15, -0.1) is 0 Å². The highest BCUT2D eigenvalue weighted by molar-refractivity contribution is 5.97. The predicted molar refractivity (Wildman–Crippen MR) is 340 cm³/mol. The standard InChI is InChI=1S/C64H104N14O2/c1-9-51-47(3)55-43-56-49(5)53(23-25-63(79)71-37-13-11-29-69-35-21-41-77(7)39-17-15-31-67-33-19-27-65)61(75-56)46-62-54(50(6)58(76-62)45-60-52(10-2)48(4)57(74-60)44-59(51)73-55)24-26-64(80)72-38-14-12-30-70-36-22-42-78(8)40-18-16-32-68-34-20-28-66/h9-10,43-46,67-70,73-74H,1-2,11-42,65-66H2,3-8H3,(H,71,79)(H,72,80). The van der Waals surface area contributed by atoms with Crippen molar-refractivity contribution in [3.8, 4) is 0 Å². The summed E-state index contributed by atoms with van der Waals surface area (Å²) in [5.41, 5.74) is 26.4. The zero-order valence-electron chi connectivity index (χ0n) is 50.3. The molecular weight excluding hydrogens is 997 g/mol. The number of H-pyrrole nitrogens is 2. The lowest BCUT2D eigenvalue weighted by Gasteiger charge is -2.16. The number of hydrogen-bond donors (Lipinski definition) is 10. The number of hydrogen-bond acceptors (Lipinski definition) is 12. The second-order valence-corrected chi connectivity index (χ2v) is 22.1. The maximum atomic E-state index is 13.5. The van der Waals surface area contributed by atoms with Gasteiger partial charge in [0, 0.05) is 59.1 Å². The van der Waals surface area contributed by atoms with Crippen LogP contribution in [-0.4, -0.2) is 160 Å². The molecule has 12 N–H and O–H groups in total. The van der Waals surface area contributed by atoms with Gasteiger partial charge in [-0.3, -0.25) is 9.59 Å². The van der Waals surface area contributed by atoms with Crippen LogP contribution in [0.2, 0.25) is 0 Å². The van der Waals surface area contributed by atoms with Gasteiger partial charge in [0.15, 0.2) is 0 Å². The average molecular weight is 1100 g/mol. The lowest BCUT2D eigenvalue weighted by molar-refractivity contribution is -0.121. The third-order valence-electron chi connectivity index (χ3n) is 15.6. The molecule has 442 valence electrons. The summed E-state index contributed by atoms with van der Waals surface area (Å²) in [5, 5.41) is 20.5. The Morgan fingerprint density at radius 3 is 1.25 bits per heavy atom. The van der Waals surface area contributed by atoms with E-state index in [1.54, 1.807) is 0 Å². The quantitative estimate of drug-likeness (QED) is 0.0241. The Kier molecular flexibility index (Phi) is 30.2. The zero-order chi connectivity index (χ0) is 57.5. The summed E-state index contributed by atoms with van der Waals surface area (Å²) in [6.45, 7) is 32.0. The van der Waals surface area contributed by atoms with Crippen molar-refractivity contribution in [2.45, 2.75) is 130 Å². The van der Waals surface area contributed by atoms with Crippen LogP contribution >= 0.6 is 0 Å². The molecule has 2 aliphatic rings. The fourth-order valence-electron chi connectivity index (χ4n) is 10.6. The van der Waals surface area contributed by atoms with E-state index in [1.807, 2.05) is 12.2 Å². The summed E-state index contributed by atoms with van der Waals surface area (Å²) in [5.74, 6) is 0.0603. The summed E-state index contributed by atoms with van der Waals surface area (Å²) in [4.78, 5) is 49.7. The largest absolute Gasteiger partial charge is 0.356 e. The monoisotopic (exact) mass is 1100 g/mol. The lowest BCUT2D eigenvalue weighted by atomic mass is 9.98. The predicted octanol–water partition coefficient (Wildman–Crippen LogP) is 8.69. The molecule has 5 heterocycles. The van der Waals surface area contributed by atoms with Crippen LogP contribution < -0.4 is 43.4 Å². The Hall–Kier alpha value is -5.30. The zero-order valence-corrected chi connectivity index (χ0v) is 50.3. The van der Waals surface area contributed by atoms with Crippen LogP contribution in [0.25, 0.3) is 56.5 Å². The molecule has 0 aromatic carbocycles. The van der Waals surface area contributed by atoms with E-state index in [4.69, 9.17) is 21.4 Å². The first-order chi connectivity index (χ1) is 38.9. The average Bonchev–Trinajstić information content (AvgIpc) is 4.13. The number of aromatic amines is 2. The molecule has 0 fully saturated rings. The number of unbranched alkanes of at least 4 members (excludes halogenated alkanes) is 4. The normalized spacial score (nSPS) is 12.6. The second-order valence-electron chi connectivity index (χ2n) is 22.1. The topological polar surface area (TPSA) is 222 Å². The fourth-order valence-corrected chi connectivity index (χ4v) is 10.6. The summed E-state index contributed by atoms with van der Waals surface area (Å²) < 4.78 is 0. The van der Waals surface area contributed by atoms with Crippen molar-refractivity contribution < 1.29 is 9.59 Å². The van der Waals surface area contributed by atoms with Crippen LogP contribution in [0.5, 0.6) is 0 Å². The Bertz CT molecular complexity index is 2650. The third kappa shape index (κ3) is 21.9. The van der Waals surface area contributed by atoms with Crippen LogP contribution in [0.3, 0.4) is 0 Å². The highest BCUT2D eigenvalue weighted by atomic mass is 16.2. The number of carbonyl (C=O) groups excluding carboxylic acids is 2. The van der Waals surface area contributed by atoms with E-state index in [9.17, 15) is 9.59 Å². The van der Waals surface area contributed by atoms with Crippen molar-refractivity contribution in [1.82, 2.24) is 61.6 Å². The summed E-state index contributed by atoms with van der Waals surface area (Å²) in [6, 6.07) is 8.42. The van der Waals surface area contributed by atoms with Crippen molar-refractivity contribution in [1.29, 1.82) is 0 Å². The first-order valence-corrected chi connectivity index (χ1v) is 30.4. The summed E-state index contributed by atoms with van der Waals surface area (Å²) in [6.07, 6.45) is 18.5. The highest BCUT2D eigenvalue weighted by Crippen LogP contribution is 2.38. The van der Waals surface area contributed by atoms with Gasteiger partial charge in [-0.25, -0.2) is 9.97 Å². The summed E-state index contributed by atoms with van der Waals surface area (Å²) >= 11 is 0. The molecule has 0 spiro atoms. The molecule has 0 saturated carbocycles. The van der Waals surface area contributed by atoms with Crippen LogP contribution in [0.1, 0.15) is 162 Å². The molecule has 8 bridgehead atoms. The smallest absolute Gasteiger partial charge is 0.220 e. The number of fused-ring (bicyclic) bond motifs is 8. The van der Waals surface area contributed by atoms with Crippen LogP contribution in [0.4, 0.5) is 0 Å². The van der Waals surface area contributed by atoms with Gasteiger partial charge < -0.3 is 63.1 Å². The Labute approximate surface area is 480 Å². The van der Waals surface area contributed by atoms with Crippen molar-refractivity contribution >= 4 is 68.3 Å². The second kappa shape index (κ2) is 36.9. The minimum atomic E-state index is 0.0297. The number of rotatable bonds is 42. The minimum Gasteiger partial charge on any atom is -0.356 e. The lowest BCUT2D eigenvalue weighted by Crippen LogP contribution is -2.27. The maximum Gasteiger partial charge on any atom is 0.220 e. The molecule has 16 heteroatoms. The number of nitrogens with two attached hydrogens (primary N) is 2. The number of nitrogens with zero attached hydrogens (tertiary/aromatic N) is 4. The van der Waals surface area contributed by atoms with Gasteiger partial charge in [0.1, 0.15) is 0 Å². The third-order valence-corrected chi connectivity index (χ3v) is 15.6. The van der Waals surface area contributed by atoms with E-state index in [1.165, 1.54) is 25.7 Å². The van der Waals surface area contributed by atoms with Crippen molar-refractivity contribution in [2.24, 2.45) is 11.5 Å².